The molecule has 0 saturated heterocycles. The second-order valence-corrected chi connectivity index (χ2v) is 5.04. The Bertz CT molecular complexity index is 590. The van der Waals surface area contributed by atoms with E-state index < -0.39 is 5.60 Å². The van der Waals surface area contributed by atoms with Crippen molar-refractivity contribution >= 4 is 21.6 Å². The topological polar surface area (TPSA) is 42.4 Å². The Hall–Kier alpha value is -1.39. The summed E-state index contributed by atoms with van der Waals surface area (Å²) in [6.45, 7) is 0. The quantitative estimate of drug-likeness (QED) is 0.887. The predicted molar refractivity (Wildman–Crippen MR) is 67.8 cm³/mol. The minimum Gasteiger partial charge on any atom is -0.498 e. The largest absolute Gasteiger partial charge is 0.498 e. The third-order valence-electron chi connectivity index (χ3n) is 3.26. The van der Waals surface area contributed by atoms with E-state index >= 15 is 0 Å². The number of aromatic nitrogens is 1. The van der Waals surface area contributed by atoms with Gasteiger partial charge < -0.3 is 9.84 Å². The molecule has 1 N–H and O–H groups in total. The Balaban J connectivity index is 2.19. The third-order valence-corrected chi connectivity index (χ3v) is 4.16. The van der Waals surface area contributed by atoms with Crippen molar-refractivity contribution in [1.82, 2.24) is 4.98 Å². The minimum absolute atomic E-state index is 0.654. The van der Waals surface area contributed by atoms with Crippen LogP contribution in [-0.2, 0) is 10.3 Å². The summed E-state index contributed by atoms with van der Waals surface area (Å²) in [4.78, 5) is 5.26. The molecule has 0 aromatic carbocycles. The van der Waals surface area contributed by atoms with Crippen LogP contribution in [0, 0.1) is 0 Å². The Kier molecular flexibility index (Phi) is 2.42. The lowest BCUT2D eigenvalue weighted by atomic mass is 9.92. The lowest BCUT2D eigenvalue weighted by molar-refractivity contribution is 0.0255. The lowest BCUT2D eigenvalue weighted by Gasteiger charge is -2.25. The highest BCUT2D eigenvalue weighted by Crippen LogP contribution is 2.44. The van der Waals surface area contributed by atoms with E-state index in [1.807, 2.05) is 23.6 Å². The van der Waals surface area contributed by atoms with Crippen LogP contribution < -0.4 is 0 Å². The molecular weight excluding hydrogens is 234 g/mol. The molecule has 1 aliphatic rings. The van der Waals surface area contributed by atoms with Gasteiger partial charge in [-0.3, -0.25) is 0 Å². The monoisotopic (exact) mass is 247 g/mol. The zero-order valence-corrected chi connectivity index (χ0v) is 10.3. The fraction of sp³-hybridized carbons (Fsp3) is 0.308. The summed E-state index contributed by atoms with van der Waals surface area (Å²) >= 11 is 1.56. The Morgan fingerprint density at radius 1 is 1.53 bits per heavy atom. The van der Waals surface area contributed by atoms with Gasteiger partial charge in [-0.1, -0.05) is 6.07 Å². The first kappa shape index (κ1) is 10.7. The van der Waals surface area contributed by atoms with Crippen LogP contribution in [0.2, 0.25) is 0 Å². The summed E-state index contributed by atoms with van der Waals surface area (Å²) in [7, 11) is 1.61. The van der Waals surface area contributed by atoms with Gasteiger partial charge in [-0.25, -0.2) is 4.98 Å². The number of hydrogen-bond donors (Lipinski definition) is 1. The Morgan fingerprint density at radius 3 is 3.24 bits per heavy atom. The van der Waals surface area contributed by atoms with Gasteiger partial charge in [-0.15, -0.1) is 11.3 Å². The fourth-order valence-corrected chi connectivity index (χ4v) is 3.39. The summed E-state index contributed by atoms with van der Waals surface area (Å²) in [5, 5.41) is 13.8. The third kappa shape index (κ3) is 1.48. The molecule has 0 radical (unpaired) electrons. The molecule has 0 saturated carbocycles. The lowest BCUT2D eigenvalue weighted by Crippen LogP contribution is -2.25. The number of nitrogens with zero attached hydrogens (tertiary/aromatic N) is 1. The van der Waals surface area contributed by atoms with Crippen molar-refractivity contribution in [2.45, 2.75) is 18.4 Å². The van der Waals surface area contributed by atoms with E-state index in [-0.39, 0.29) is 0 Å². The highest BCUT2D eigenvalue weighted by Gasteiger charge is 2.40. The predicted octanol–water partition coefficient (Wildman–Crippen LogP) is 2.81. The van der Waals surface area contributed by atoms with Crippen molar-refractivity contribution in [2.24, 2.45) is 0 Å². The van der Waals surface area contributed by atoms with Crippen molar-refractivity contribution in [2.75, 3.05) is 7.11 Å². The molecule has 2 aromatic rings. The van der Waals surface area contributed by atoms with Gasteiger partial charge in [0.2, 0.25) is 0 Å². The normalized spacial score (nSPS) is 24.0. The molecule has 3 nitrogen and oxygen atoms in total. The molecular formula is C13H13NO2S. The molecule has 88 valence electrons. The number of fused-ring (bicyclic) bond motifs is 1. The van der Waals surface area contributed by atoms with E-state index in [0.717, 1.165) is 22.2 Å². The van der Waals surface area contributed by atoms with Crippen molar-refractivity contribution < 1.29 is 9.84 Å². The fourth-order valence-electron chi connectivity index (χ4n) is 2.41. The van der Waals surface area contributed by atoms with Gasteiger partial charge in [0.1, 0.15) is 16.2 Å². The minimum atomic E-state index is -0.976. The maximum absolute atomic E-state index is 10.8. The number of methoxy groups -OCH3 is 1. The smallest absolute Gasteiger partial charge is 0.148 e. The van der Waals surface area contributed by atoms with E-state index in [2.05, 4.69) is 4.98 Å². The zero-order valence-electron chi connectivity index (χ0n) is 9.51. The summed E-state index contributed by atoms with van der Waals surface area (Å²) in [5.41, 5.74) is -0.0630. The van der Waals surface area contributed by atoms with Crippen LogP contribution >= 0.6 is 11.3 Å². The molecule has 2 heterocycles. The SMILES string of the molecule is COC1=CCCC1(O)c1csc2ncccc12. The van der Waals surface area contributed by atoms with Crippen molar-refractivity contribution in [3.63, 3.8) is 0 Å². The van der Waals surface area contributed by atoms with Crippen LogP contribution in [0.3, 0.4) is 0 Å². The van der Waals surface area contributed by atoms with E-state index in [1.165, 1.54) is 0 Å². The number of allylic oxidation sites excluding steroid dienone is 1. The van der Waals surface area contributed by atoms with Gasteiger partial charge in [0.15, 0.2) is 0 Å². The summed E-state index contributed by atoms with van der Waals surface area (Å²) in [6.07, 6.45) is 5.25. The standard InChI is InChI=1S/C13H13NO2S/c1-16-11-5-2-6-13(11,15)10-8-17-12-9(10)4-3-7-14-12/h3-5,7-8,15H,2,6H2,1H3. The van der Waals surface area contributed by atoms with Crippen molar-refractivity contribution in [3.8, 4) is 0 Å². The zero-order chi connectivity index (χ0) is 11.9. The average molecular weight is 247 g/mol. The van der Waals surface area contributed by atoms with Gasteiger partial charge in [0, 0.05) is 22.5 Å². The van der Waals surface area contributed by atoms with Gasteiger partial charge in [0.05, 0.1) is 7.11 Å². The van der Waals surface area contributed by atoms with Crippen LogP contribution in [-0.4, -0.2) is 17.2 Å². The molecule has 0 fully saturated rings. The second-order valence-electron chi connectivity index (χ2n) is 4.18. The highest BCUT2D eigenvalue weighted by molar-refractivity contribution is 7.16. The number of aliphatic hydroxyl groups is 1. The maximum atomic E-state index is 10.8. The number of ether oxygens (including phenoxy) is 1. The first-order valence-corrected chi connectivity index (χ1v) is 6.43. The van der Waals surface area contributed by atoms with E-state index in [1.54, 1.807) is 24.6 Å². The van der Waals surface area contributed by atoms with E-state index in [4.69, 9.17) is 4.74 Å². The second kappa shape index (κ2) is 3.82. The van der Waals surface area contributed by atoms with Crippen molar-refractivity contribution in [3.05, 3.63) is 41.1 Å². The Morgan fingerprint density at radius 2 is 2.41 bits per heavy atom. The maximum Gasteiger partial charge on any atom is 0.148 e. The molecule has 1 atom stereocenters. The van der Waals surface area contributed by atoms with Crippen LogP contribution in [0.4, 0.5) is 0 Å². The van der Waals surface area contributed by atoms with Gasteiger partial charge >= 0.3 is 0 Å². The van der Waals surface area contributed by atoms with Crippen molar-refractivity contribution in [1.29, 1.82) is 0 Å². The van der Waals surface area contributed by atoms with Gasteiger partial charge in [-0.05, 0) is 25.0 Å². The molecule has 0 amide bonds. The molecule has 4 heteroatoms. The van der Waals surface area contributed by atoms with Crippen LogP contribution in [0.25, 0.3) is 10.2 Å². The summed E-state index contributed by atoms with van der Waals surface area (Å²) in [5.74, 6) is 0.654. The molecule has 17 heavy (non-hydrogen) atoms. The Labute approximate surface area is 103 Å². The average Bonchev–Trinajstić information content (AvgIpc) is 2.93. The van der Waals surface area contributed by atoms with Crippen LogP contribution in [0.1, 0.15) is 18.4 Å². The summed E-state index contributed by atoms with van der Waals surface area (Å²) in [6, 6.07) is 3.89. The first-order valence-electron chi connectivity index (χ1n) is 5.55. The number of pyridine rings is 1. The molecule has 1 aliphatic carbocycles. The van der Waals surface area contributed by atoms with Crippen LogP contribution in [0.5, 0.6) is 0 Å². The molecule has 0 bridgehead atoms. The highest BCUT2D eigenvalue weighted by atomic mass is 32.1. The number of thiophene rings is 1. The summed E-state index contributed by atoms with van der Waals surface area (Å²) < 4.78 is 5.29. The van der Waals surface area contributed by atoms with E-state index in [9.17, 15) is 5.11 Å². The van der Waals surface area contributed by atoms with Gasteiger partial charge in [0.25, 0.3) is 0 Å². The molecule has 3 rings (SSSR count). The molecule has 2 aromatic heterocycles. The van der Waals surface area contributed by atoms with E-state index in [0.29, 0.717) is 12.2 Å². The van der Waals surface area contributed by atoms with Crippen LogP contribution in [0.15, 0.2) is 35.5 Å². The number of rotatable bonds is 2. The number of hydrogen-bond acceptors (Lipinski definition) is 4. The molecule has 1 unspecified atom stereocenters. The first-order chi connectivity index (χ1) is 8.25. The van der Waals surface area contributed by atoms with Gasteiger partial charge in [-0.2, -0.15) is 0 Å². The molecule has 0 spiro atoms. The molecule has 0 aliphatic heterocycles.